The molecule has 0 aliphatic carbocycles. The van der Waals surface area contributed by atoms with Crippen molar-refractivity contribution < 1.29 is 19.4 Å². The highest BCUT2D eigenvalue weighted by atomic mass is 35.5. The minimum absolute atomic E-state index is 0.112. The van der Waals surface area contributed by atoms with E-state index in [4.69, 9.17) is 21.1 Å². The average Bonchev–Trinajstić information content (AvgIpc) is 2.65. The van der Waals surface area contributed by atoms with Crippen LogP contribution in [0.5, 0.6) is 11.5 Å². The van der Waals surface area contributed by atoms with Gasteiger partial charge in [0.2, 0.25) is 0 Å². The fraction of sp³-hybridized carbons (Fsp3) is 0.227. The first-order valence-electron chi connectivity index (χ1n) is 8.45. The fourth-order valence-corrected chi connectivity index (χ4v) is 2.72. The molecule has 0 spiro atoms. The third-order valence-electron chi connectivity index (χ3n) is 4.04. The Morgan fingerprint density at radius 1 is 1.15 bits per heavy atom. The molecule has 0 aliphatic rings. The highest BCUT2D eigenvalue weighted by Gasteiger charge is 2.22. The van der Waals surface area contributed by atoms with Crippen molar-refractivity contribution in [1.29, 1.82) is 0 Å². The van der Waals surface area contributed by atoms with Crippen molar-refractivity contribution in [3.8, 4) is 11.5 Å². The number of phenols is 1. The molecular formula is C22H23ClO4. The molecule has 0 saturated carbocycles. The molecule has 1 N–H and O–H groups in total. The van der Waals surface area contributed by atoms with Gasteiger partial charge in [-0.1, -0.05) is 47.5 Å². The minimum atomic E-state index is -0.607. The van der Waals surface area contributed by atoms with Crippen LogP contribution in [-0.2, 0) is 11.2 Å². The van der Waals surface area contributed by atoms with Gasteiger partial charge in [0.05, 0.1) is 14.2 Å². The second-order valence-corrected chi connectivity index (χ2v) is 6.67. The lowest BCUT2D eigenvalue weighted by Gasteiger charge is -2.15. The van der Waals surface area contributed by atoms with Gasteiger partial charge in [0, 0.05) is 10.6 Å². The number of aromatic hydroxyl groups is 1. The Morgan fingerprint density at radius 3 is 2.37 bits per heavy atom. The molecule has 2 aromatic rings. The summed E-state index contributed by atoms with van der Waals surface area (Å²) in [5, 5.41) is 11.4. The lowest BCUT2D eigenvalue weighted by atomic mass is 9.97. The Labute approximate surface area is 164 Å². The lowest BCUT2D eigenvalue weighted by Crippen LogP contribution is -2.07. The van der Waals surface area contributed by atoms with Gasteiger partial charge in [0.15, 0.2) is 0 Å². The van der Waals surface area contributed by atoms with Crippen LogP contribution in [0.1, 0.15) is 40.9 Å². The van der Waals surface area contributed by atoms with Gasteiger partial charge in [-0.3, -0.25) is 0 Å². The van der Waals surface area contributed by atoms with Crippen LogP contribution < -0.4 is 4.74 Å². The molecule has 0 radical (unpaired) electrons. The summed E-state index contributed by atoms with van der Waals surface area (Å²) in [7, 11) is 2.82. The number of rotatable bonds is 6. The Kier molecular flexibility index (Phi) is 7.08. The van der Waals surface area contributed by atoms with E-state index in [1.54, 1.807) is 24.3 Å². The summed E-state index contributed by atoms with van der Waals surface area (Å²) in [4.78, 5) is 12.3. The SMILES string of the molecule is COC(=O)c1c(/C=C/c2ccc(Cl)cc2)cc(OC)c(CC=C(C)C)c1O. The monoisotopic (exact) mass is 386 g/mol. The molecule has 0 amide bonds. The predicted octanol–water partition coefficient (Wildman–Crippen LogP) is 5.52. The molecule has 27 heavy (non-hydrogen) atoms. The van der Waals surface area contributed by atoms with Gasteiger partial charge >= 0.3 is 5.97 Å². The van der Waals surface area contributed by atoms with Crippen molar-refractivity contribution in [1.82, 2.24) is 0 Å². The second kappa shape index (κ2) is 9.28. The van der Waals surface area contributed by atoms with E-state index in [-0.39, 0.29) is 11.3 Å². The molecule has 0 saturated heterocycles. The summed E-state index contributed by atoms with van der Waals surface area (Å²) in [6.45, 7) is 3.93. The van der Waals surface area contributed by atoms with Crippen molar-refractivity contribution in [2.24, 2.45) is 0 Å². The van der Waals surface area contributed by atoms with Crippen LogP contribution in [0, 0.1) is 0 Å². The predicted molar refractivity (Wildman–Crippen MR) is 110 cm³/mol. The zero-order valence-electron chi connectivity index (χ0n) is 15.9. The molecule has 4 nitrogen and oxygen atoms in total. The molecule has 0 bridgehead atoms. The number of hydrogen-bond donors (Lipinski definition) is 1. The summed E-state index contributed by atoms with van der Waals surface area (Å²) in [6, 6.07) is 9.01. The first-order valence-corrected chi connectivity index (χ1v) is 8.83. The van der Waals surface area contributed by atoms with Gasteiger partial charge < -0.3 is 14.6 Å². The second-order valence-electron chi connectivity index (χ2n) is 6.23. The van der Waals surface area contributed by atoms with E-state index in [2.05, 4.69) is 0 Å². The standard InChI is InChI=1S/C22H23ClO4/c1-14(2)5-12-18-19(26-3)13-16(20(21(18)24)22(25)27-4)9-6-15-7-10-17(23)11-8-15/h5-11,13,24H,12H2,1-4H3/b9-6+. The normalized spacial score (nSPS) is 10.7. The molecule has 2 rings (SSSR count). The van der Waals surface area contributed by atoms with Gasteiger partial charge in [-0.2, -0.15) is 0 Å². The van der Waals surface area contributed by atoms with Crippen LogP contribution >= 0.6 is 11.6 Å². The molecule has 0 heterocycles. The van der Waals surface area contributed by atoms with Gasteiger partial charge in [-0.15, -0.1) is 0 Å². The van der Waals surface area contributed by atoms with Crippen molar-refractivity contribution in [2.75, 3.05) is 14.2 Å². The molecule has 0 aliphatic heterocycles. The maximum absolute atomic E-state index is 12.3. The third-order valence-corrected chi connectivity index (χ3v) is 4.30. The van der Waals surface area contributed by atoms with Crippen molar-refractivity contribution in [2.45, 2.75) is 20.3 Å². The molecule has 0 aromatic heterocycles. The smallest absolute Gasteiger partial charge is 0.342 e. The van der Waals surface area contributed by atoms with E-state index in [9.17, 15) is 9.90 Å². The Bertz CT molecular complexity index is 876. The number of hydrogen-bond acceptors (Lipinski definition) is 4. The van der Waals surface area contributed by atoms with Crippen LogP contribution in [0.3, 0.4) is 0 Å². The molecular weight excluding hydrogens is 364 g/mol. The van der Waals surface area contributed by atoms with Crippen molar-refractivity contribution >= 4 is 29.7 Å². The molecule has 5 heteroatoms. The van der Waals surface area contributed by atoms with Gasteiger partial charge in [-0.25, -0.2) is 4.79 Å². The number of carbonyl (C=O) groups is 1. The molecule has 0 unspecified atom stereocenters. The van der Waals surface area contributed by atoms with Gasteiger partial charge in [0.25, 0.3) is 0 Å². The Hall–Kier alpha value is -2.72. The lowest BCUT2D eigenvalue weighted by molar-refractivity contribution is 0.0597. The summed E-state index contributed by atoms with van der Waals surface area (Å²) in [6.07, 6.45) is 5.97. The van der Waals surface area contributed by atoms with E-state index in [0.29, 0.717) is 28.3 Å². The number of methoxy groups -OCH3 is 2. The minimum Gasteiger partial charge on any atom is -0.507 e. The number of ether oxygens (including phenoxy) is 2. The highest BCUT2D eigenvalue weighted by Crippen LogP contribution is 2.36. The third kappa shape index (κ3) is 5.14. The highest BCUT2D eigenvalue weighted by molar-refractivity contribution is 6.30. The maximum atomic E-state index is 12.3. The number of esters is 1. The molecule has 0 fully saturated rings. The van der Waals surface area contributed by atoms with E-state index < -0.39 is 5.97 Å². The van der Waals surface area contributed by atoms with E-state index in [0.717, 1.165) is 11.1 Å². The van der Waals surface area contributed by atoms with E-state index in [1.807, 2.05) is 38.1 Å². The maximum Gasteiger partial charge on any atom is 0.342 e. The zero-order valence-corrected chi connectivity index (χ0v) is 16.6. The van der Waals surface area contributed by atoms with Gasteiger partial charge in [0.1, 0.15) is 17.1 Å². The van der Waals surface area contributed by atoms with Crippen molar-refractivity contribution in [3.63, 3.8) is 0 Å². The summed E-state index contributed by atoms with van der Waals surface area (Å²) in [5.41, 5.74) is 3.17. The molecule has 142 valence electrons. The number of phenolic OH excluding ortho intramolecular Hbond substituents is 1. The van der Waals surface area contributed by atoms with E-state index >= 15 is 0 Å². The Balaban J connectivity index is 2.58. The van der Waals surface area contributed by atoms with Crippen LogP contribution in [0.4, 0.5) is 0 Å². The quantitative estimate of drug-likeness (QED) is 0.403. The number of carbonyl (C=O) groups excluding carboxylic acids is 1. The summed E-state index contributed by atoms with van der Waals surface area (Å²) in [5.74, 6) is -0.229. The van der Waals surface area contributed by atoms with Crippen LogP contribution in [-0.4, -0.2) is 25.3 Å². The largest absolute Gasteiger partial charge is 0.507 e. The summed E-state index contributed by atoms with van der Waals surface area (Å²) < 4.78 is 10.3. The number of benzene rings is 2. The topological polar surface area (TPSA) is 55.8 Å². The van der Waals surface area contributed by atoms with Crippen LogP contribution in [0.2, 0.25) is 5.02 Å². The fourth-order valence-electron chi connectivity index (χ4n) is 2.60. The Morgan fingerprint density at radius 2 is 1.81 bits per heavy atom. The first-order chi connectivity index (χ1) is 12.9. The molecule has 2 aromatic carbocycles. The van der Waals surface area contributed by atoms with Gasteiger partial charge in [-0.05, 0) is 49.6 Å². The zero-order chi connectivity index (χ0) is 20.0. The average molecular weight is 387 g/mol. The van der Waals surface area contributed by atoms with E-state index in [1.165, 1.54) is 14.2 Å². The number of halogens is 1. The number of allylic oxidation sites excluding steroid dienone is 2. The first kappa shape index (κ1) is 20.6. The summed E-state index contributed by atoms with van der Waals surface area (Å²) >= 11 is 5.90. The van der Waals surface area contributed by atoms with Crippen LogP contribution in [0.15, 0.2) is 42.0 Å². The van der Waals surface area contributed by atoms with Crippen LogP contribution in [0.25, 0.3) is 12.2 Å². The molecule has 0 atom stereocenters. The van der Waals surface area contributed by atoms with Crippen molar-refractivity contribution in [3.05, 3.63) is 69.3 Å².